The van der Waals surface area contributed by atoms with E-state index in [0.29, 0.717) is 0 Å². The zero-order valence-electron chi connectivity index (χ0n) is 2.04. The molecule has 0 saturated heterocycles. The molecule has 30 valence electrons. The maximum atomic E-state index is 8.44. The summed E-state index contributed by atoms with van der Waals surface area (Å²) >= 11 is -3.11. The van der Waals surface area contributed by atoms with Crippen molar-refractivity contribution in [3.8, 4) is 0 Å². The second-order valence-corrected chi connectivity index (χ2v) is 0.612. The van der Waals surface area contributed by atoms with Crippen LogP contribution >= 0.6 is 0 Å². The molecule has 0 N–H and O–H groups in total. The van der Waals surface area contributed by atoms with Crippen molar-refractivity contribution in [3.63, 3.8) is 0 Å². The Morgan fingerprint density at radius 2 is 1.40 bits per heavy atom. The van der Waals surface area contributed by atoms with Crippen LogP contribution in [-0.4, -0.2) is 30.4 Å². The Bertz CT molecular complexity index is 29.9. The number of rotatable bonds is 0. The Labute approximate surface area is 42.4 Å². The molecule has 0 amide bonds. The fourth-order valence-electron chi connectivity index (χ4n) is 0. The quantitative estimate of drug-likeness (QED) is 0.323. The van der Waals surface area contributed by atoms with E-state index in [4.69, 9.17) is 13.3 Å². The van der Waals surface area contributed by atoms with Crippen molar-refractivity contribution >= 4 is 28.4 Å². The molecule has 0 aromatic heterocycles. The third kappa shape index (κ3) is 88.6. The van der Waals surface area contributed by atoms with Gasteiger partial charge >= 0.3 is 17.1 Å². The maximum Gasteiger partial charge on any atom is 2.00 e. The van der Waals surface area contributed by atoms with E-state index in [1.807, 2.05) is 0 Å². The number of hydrogen-bond donors (Lipinski definition) is 0. The van der Waals surface area contributed by atoms with Gasteiger partial charge < -0.3 is 9.11 Å². The van der Waals surface area contributed by atoms with Crippen molar-refractivity contribution in [3.05, 3.63) is 0 Å². The monoisotopic (exact) mass is 160 g/mol. The van der Waals surface area contributed by atoms with Crippen LogP contribution in [0.2, 0.25) is 0 Å². The summed E-state index contributed by atoms with van der Waals surface area (Å²) in [6.07, 6.45) is 0. The van der Waals surface area contributed by atoms with Crippen LogP contribution in [0.15, 0.2) is 0 Å². The molecule has 0 fully saturated rings. The Balaban J connectivity index is 0. The summed E-state index contributed by atoms with van der Waals surface area (Å²) in [5.74, 6) is 0. The average molecular weight is 159 g/mol. The van der Waals surface area contributed by atoms with Crippen LogP contribution in [0.5, 0.6) is 0 Å². The molecule has 0 unspecified atom stereocenters. The Morgan fingerprint density at radius 1 is 1.40 bits per heavy atom. The van der Waals surface area contributed by atoms with E-state index < -0.39 is 11.4 Å². The zero-order valence-corrected chi connectivity index (χ0v) is 4.57. The van der Waals surface area contributed by atoms with E-state index in [-0.39, 0.29) is 17.1 Å². The molecule has 0 aliphatic heterocycles. The van der Waals surface area contributed by atoms with Gasteiger partial charge in [0.25, 0.3) is 0 Å². The van der Waals surface area contributed by atoms with Crippen molar-refractivity contribution < 1.29 is 13.3 Å². The van der Waals surface area contributed by atoms with Gasteiger partial charge in [0.2, 0.25) is 0 Å². The first-order chi connectivity index (χ1) is 1.73. The average Bonchev–Trinajstić information content (AvgIpc) is 0.811. The largest absolute Gasteiger partial charge is 2.00 e. The smallest absolute Gasteiger partial charge is 0.784 e. The molecular weight excluding hydrogens is 159 g/mol. The van der Waals surface area contributed by atoms with E-state index in [0.717, 1.165) is 0 Å². The minimum Gasteiger partial charge on any atom is -0.784 e. The molecule has 0 spiro atoms. The second-order valence-electron chi connectivity index (χ2n) is 0.204. The van der Waals surface area contributed by atoms with Crippen molar-refractivity contribution in [1.29, 1.82) is 0 Å². The summed E-state index contributed by atoms with van der Waals surface area (Å²) in [5.41, 5.74) is 0. The van der Waals surface area contributed by atoms with Crippen molar-refractivity contribution in [2.24, 2.45) is 0 Å². The van der Waals surface area contributed by atoms with Crippen molar-refractivity contribution in [2.75, 3.05) is 0 Å². The van der Waals surface area contributed by atoms with Gasteiger partial charge in [-0.2, -0.15) is 0 Å². The molecule has 3 nitrogen and oxygen atoms in total. The molecule has 0 rings (SSSR count). The molecule has 0 aliphatic rings. The topological polar surface area (TPSA) is 63.2 Å². The van der Waals surface area contributed by atoms with Crippen LogP contribution in [0.1, 0.15) is 0 Å². The Morgan fingerprint density at radius 3 is 1.40 bits per heavy atom. The van der Waals surface area contributed by atoms with Crippen molar-refractivity contribution in [2.45, 2.75) is 0 Å². The summed E-state index contributed by atoms with van der Waals surface area (Å²) in [5, 5.41) is 0. The molecule has 0 aromatic rings. The fraction of sp³-hybridized carbons (Fsp3) is 0. The van der Waals surface area contributed by atoms with E-state index in [1.54, 1.807) is 0 Å². The molecule has 0 atom stereocenters. The van der Waals surface area contributed by atoms with Crippen LogP contribution in [0.4, 0.5) is 0 Å². The van der Waals surface area contributed by atoms with Crippen LogP contribution in [0, 0.1) is 0 Å². The van der Waals surface area contributed by atoms with Crippen LogP contribution in [0.25, 0.3) is 0 Å². The molecule has 5 heavy (non-hydrogen) atoms. The van der Waals surface area contributed by atoms with Crippen molar-refractivity contribution in [1.82, 2.24) is 0 Å². The standard InChI is InChI=1S/H2O3S.Se/c1-4(2)3;/h(H2,1,2,3);/q;+2/p-2. The van der Waals surface area contributed by atoms with Gasteiger partial charge in [0.15, 0.2) is 0 Å². The fourth-order valence-corrected chi connectivity index (χ4v) is 0. The summed E-state index contributed by atoms with van der Waals surface area (Å²) in [6, 6.07) is 0. The van der Waals surface area contributed by atoms with Gasteiger partial charge in [-0.05, 0) is 0 Å². The maximum absolute atomic E-state index is 8.44. The molecule has 0 saturated carbocycles. The summed E-state index contributed by atoms with van der Waals surface area (Å²) in [6.45, 7) is 0. The second kappa shape index (κ2) is 4.59. The molecule has 4 radical (unpaired) electrons. The SMILES string of the molecule is O=S([O-])[O-].[Se+2]. The van der Waals surface area contributed by atoms with E-state index in [9.17, 15) is 0 Å². The van der Waals surface area contributed by atoms with Gasteiger partial charge in [-0.1, -0.05) is 0 Å². The molecule has 0 aliphatic carbocycles. The predicted molar refractivity (Wildman–Crippen MR) is 15.5 cm³/mol. The molecule has 0 heterocycles. The number of hydrogen-bond acceptors (Lipinski definition) is 3. The van der Waals surface area contributed by atoms with Gasteiger partial charge in [-0.25, -0.2) is 0 Å². The third-order valence-corrected chi connectivity index (χ3v) is 0. The van der Waals surface area contributed by atoms with Gasteiger partial charge in [0, 0.05) is 0 Å². The molecule has 0 bridgehead atoms. The molecule has 5 heteroatoms. The zero-order chi connectivity index (χ0) is 3.58. The normalized spacial score (nSPS) is 7.00. The van der Waals surface area contributed by atoms with Crippen LogP contribution in [0.3, 0.4) is 0 Å². The van der Waals surface area contributed by atoms with Gasteiger partial charge in [0.05, 0.1) is 0 Å². The first kappa shape index (κ1) is 9.14. The van der Waals surface area contributed by atoms with Gasteiger partial charge in [-0.3, -0.25) is 4.21 Å². The van der Waals surface area contributed by atoms with Gasteiger partial charge in [0.1, 0.15) is 0 Å². The molecule has 0 aromatic carbocycles. The summed E-state index contributed by atoms with van der Waals surface area (Å²) < 4.78 is 25.3. The minimum absolute atomic E-state index is 0. The van der Waals surface area contributed by atoms with E-state index >= 15 is 0 Å². The van der Waals surface area contributed by atoms with E-state index in [1.165, 1.54) is 0 Å². The van der Waals surface area contributed by atoms with Crippen LogP contribution < -0.4 is 0 Å². The predicted octanol–water partition coefficient (Wildman–Crippen LogP) is -1.38. The third-order valence-electron chi connectivity index (χ3n) is 0. The Hall–Kier alpha value is 0.589. The minimum atomic E-state index is -3.11. The summed E-state index contributed by atoms with van der Waals surface area (Å²) in [4.78, 5) is 0. The first-order valence-electron chi connectivity index (χ1n) is 0.500. The van der Waals surface area contributed by atoms with Crippen LogP contribution in [-0.2, 0) is 11.4 Å². The summed E-state index contributed by atoms with van der Waals surface area (Å²) in [7, 11) is 0. The van der Waals surface area contributed by atoms with E-state index in [2.05, 4.69) is 0 Å². The first-order valence-corrected chi connectivity index (χ1v) is 1.50. The van der Waals surface area contributed by atoms with Gasteiger partial charge in [-0.15, -0.1) is 11.4 Å². The molecular formula is O3SSe. The Kier molecular flexibility index (Phi) is 8.39.